The van der Waals surface area contributed by atoms with Crippen molar-refractivity contribution in [2.45, 2.75) is 38.8 Å². The maximum Gasteiger partial charge on any atom is 0.270 e. The van der Waals surface area contributed by atoms with Crippen molar-refractivity contribution >= 4 is 11.3 Å². The van der Waals surface area contributed by atoms with Crippen molar-refractivity contribution in [1.29, 1.82) is 0 Å². The van der Waals surface area contributed by atoms with E-state index in [1.165, 1.54) is 12.1 Å². The molecule has 0 spiro atoms. The Morgan fingerprint density at radius 2 is 1.84 bits per heavy atom. The lowest BCUT2D eigenvalue weighted by Gasteiger charge is -2.34. The minimum Gasteiger partial charge on any atom is -0.258 e. The maximum atomic E-state index is 12.3. The van der Waals surface area contributed by atoms with Gasteiger partial charge < -0.3 is 0 Å². The van der Waals surface area contributed by atoms with E-state index in [1.54, 1.807) is 12.1 Å². The summed E-state index contributed by atoms with van der Waals surface area (Å²) in [4.78, 5) is 10.4. The fraction of sp³-hybridized carbons (Fsp3) is 0.429. The lowest BCUT2D eigenvalue weighted by molar-refractivity contribution is -0.384. The number of hydrogen-bond donors (Lipinski definition) is 0. The quantitative estimate of drug-likeness (QED) is 0.606. The Balaban J connectivity index is 2.53. The van der Waals surface area contributed by atoms with Gasteiger partial charge in [-0.25, -0.2) is 0 Å². The number of hydroxylamine groups is 2. The minimum absolute atomic E-state index is 0.0383. The average molecular weight is 261 g/mol. The van der Waals surface area contributed by atoms with Gasteiger partial charge in [0.05, 0.1) is 16.0 Å². The molecular formula is C14H17N2O3. The third-order valence-corrected chi connectivity index (χ3v) is 3.56. The Labute approximate surface area is 112 Å². The minimum atomic E-state index is -0.696. The van der Waals surface area contributed by atoms with E-state index in [-0.39, 0.29) is 5.69 Å². The monoisotopic (exact) mass is 261 g/mol. The number of non-ortho nitro benzene ring substituents is 1. The molecule has 5 nitrogen and oxygen atoms in total. The number of nitrogens with zero attached hydrogens (tertiary/aromatic N) is 2. The van der Waals surface area contributed by atoms with Crippen LogP contribution in [0.2, 0.25) is 0 Å². The Morgan fingerprint density at radius 3 is 2.32 bits per heavy atom. The third kappa shape index (κ3) is 2.15. The van der Waals surface area contributed by atoms with Gasteiger partial charge in [-0.05, 0) is 38.8 Å². The van der Waals surface area contributed by atoms with E-state index in [4.69, 9.17) is 0 Å². The maximum absolute atomic E-state index is 12.3. The number of rotatable bonds is 2. The van der Waals surface area contributed by atoms with E-state index in [9.17, 15) is 15.3 Å². The van der Waals surface area contributed by atoms with Crippen molar-refractivity contribution in [1.82, 2.24) is 5.06 Å². The van der Waals surface area contributed by atoms with Gasteiger partial charge in [-0.2, -0.15) is 0 Å². The van der Waals surface area contributed by atoms with Gasteiger partial charge in [-0.15, -0.1) is 10.3 Å². The lowest BCUT2D eigenvalue weighted by atomic mass is 9.90. The van der Waals surface area contributed by atoms with Crippen molar-refractivity contribution in [3.05, 3.63) is 46.0 Å². The predicted molar refractivity (Wildman–Crippen MR) is 71.8 cm³/mol. The molecule has 19 heavy (non-hydrogen) atoms. The van der Waals surface area contributed by atoms with Gasteiger partial charge in [-0.3, -0.25) is 10.1 Å². The van der Waals surface area contributed by atoms with Crippen molar-refractivity contribution in [3.8, 4) is 0 Å². The van der Waals surface area contributed by atoms with Gasteiger partial charge in [0.1, 0.15) is 0 Å². The molecule has 1 heterocycles. The van der Waals surface area contributed by atoms with Crippen LogP contribution in [0.25, 0.3) is 5.57 Å². The van der Waals surface area contributed by atoms with Crippen LogP contribution in [0.5, 0.6) is 0 Å². The second-order valence-electron chi connectivity index (χ2n) is 5.87. The van der Waals surface area contributed by atoms with Crippen LogP contribution < -0.4 is 0 Å². The Kier molecular flexibility index (Phi) is 2.99. The molecule has 1 aromatic rings. The van der Waals surface area contributed by atoms with Crippen LogP contribution >= 0.6 is 0 Å². The molecule has 0 unspecified atom stereocenters. The summed E-state index contributed by atoms with van der Waals surface area (Å²) < 4.78 is 0. The fourth-order valence-corrected chi connectivity index (χ4v) is 2.64. The summed E-state index contributed by atoms with van der Waals surface area (Å²) in [5, 5.41) is 24.2. The van der Waals surface area contributed by atoms with Crippen LogP contribution in [0.3, 0.4) is 0 Å². The van der Waals surface area contributed by atoms with Crippen LogP contribution in [0.1, 0.15) is 33.3 Å². The third-order valence-electron chi connectivity index (χ3n) is 3.56. The molecule has 1 aliphatic rings. The number of nitro benzene ring substituents is 1. The largest absolute Gasteiger partial charge is 0.270 e. The summed E-state index contributed by atoms with van der Waals surface area (Å²) in [5.41, 5.74) is 0.292. The Morgan fingerprint density at radius 1 is 1.21 bits per heavy atom. The second-order valence-corrected chi connectivity index (χ2v) is 5.87. The Hall–Kier alpha value is -1.72. The molecule has 2 rings (SSSR count). The first-order valence-corrected chi connectivity index (χ1v) is 6.12. The molecule has 0 aliphatic carbocycles. The van der Waals surface area contributed by atoms with Crippen molar-refractivity contribution in [2.24, 2.45) is 0 Å². The summed E-state index contributed by atoms with van der Waals surface area (Å²) in [5.74, 6) is 0. The first-order valence-electron chi connectivity index (χ1n) is 6.12. The summed E-state index contributed by atoms with van der Waals surface area (Å²) in [6.07, 6.45) is 1.89. The highest BCUT2D eigenvalue weighted by Gasteiger charge is 2.46. The highest BCUT2D eigenvalue weighted by molar-refractivity contribution is 5.77. The highest BCUT2D eigenvalue weighted by Crippen LogP contribution is 2.44. The first kappa shape index (κ1) is 13.7. The van der Waals surface area contributed by atoms with E-state index in [0.29, 0.717) is 0 Å². The average Bonchev–Trinajstić information content (AvgIpc) is 2.50. The molecular weight excluding hydrogens is 244 g/mol. The molecule has 0 fully saturated rings. The second kappa shape index (κ2) is 4.15. The topological polar surface area (TPSA) is 66.3 Å². The molecule has 0 aromatic heterocycles. The van der Waals surface area contributed by atoms with Crippen LogP contribution in [0, 0.1) is 10.1 Å². The van der Waals surface area contributed by atoms with Gasteiger partial charge >= 0.3 is 0 Å². The van der Waals surface area contributed by atoms with Crippen LogP contribution in [-0.2, 0) is 5.21 Å². The molecule has 0 saturated carbocycles. The zero-order valence-electron chi connectivity index (χ0n) is 11.5. The van der Waals surface area contributed by atoms with E-state index in [0.717, 1.165) is 16.2 Å². The van der Waals surface area contributed by atoms with E-state index < -0.39 is 16.0 Å². The summed E-state index contributed by atoms with van der Waals surface area (Å²) >= 11 is 0. The fourth-order valence-electron chi connectivity index (χ4n) is 2.64. The van der Waals surface area contributed by atoms with Crippen LogP contribution in [-0.4, -0.2) is 21.1 Å². The smallest absolute Gasteiger partial charge is 0.258 e. The van der Waals surface area contributed by atoms with Gasteiger partial charge in [0.25, 0.3) is 5.69 Å². The van der Waals surface area contributed by atoms with Crippen molar-refractivity contribution in [2.75, 3.05) is 0 Å². The molecule has 0 N–H and O–H groups in total. The molecule has 1 aromatic carbocycles. The van der Waals surface area contributed by atoms with Gasteiger partial charge in [-0.1, -0.05) is 18.2 Å². The van der Waals surface area contributed by atoms with Crippen LogP contribution in [0.4, 0.5) is 5.69 Å². The predicted octanol–water partition coefficient (Wildman–Crippen LogP) is 3.20. The normalized spacial score (nSPS) is 21.2. The zero-order chi connectivity index (χ0) is 14.4. The van der Waals surface area contributed by atoms with Crippen LogP contribution in [0.15, 0.2) is 30.3 Å². The van der Waals surface area contributed by atoms with Crippen molar-refractivity contribution < 1.29 is 10.1 Å². The molecule has 0 amide bonds. The van der Waals surface area contributed by atoms with Gasteiger partial charge in [0.2, 0.25) is 0 Å². The molecule has 5 heteroatoms. The standard InChI is InChI=1S/C14H17N2O3/c1-13(2)9-12(14(3,4)16(13)19)10-6-5-7-11(8-10)15(17)18/h5-9H,1-4H3. The van der Waals surface area contributed by atoms with E-state index in [1.807, 2.05) is 33.8 Å². The van der Waals surface area contributed by atoms with E-state index in [2.05, 4.69) is 0 Å². The van der Waals surface area contributed by atoms with Gasteiger partial charge in [0.15, 0.2) is 0 Å². The molecule has 1 aliphatic heterocycles. The highest BCUT2D eigenvalue weighted by atomic mass is 16.6. The zero-order valence-corrected chi connectivity index (χ0v) is 11.5. The molecule has 0 atom stereocenters. The summed E-state index contributed by atoms with van der Waals surface area (Å²) in [6, 6.07) is 6.41. The summed E-state index contributed by atoms with van der Waals surface area (Å²) in [6.45, 7) is 7.34. The lowest BCUT2D eigenvalue weighted by Crippen LogP contribution is -2.46. The number of benzene rings is 1. The number of hydrogen-bond acceptors (Lipinski definition) is 3. The van der Waals surface area contributed by atoms with Crippen molar-refractivity contribution in [3.63, 3.8) is 0 Å². The summed E-state index contributed by atoms with van der Waals surface area (Å²) in [7, 11) is 0. The molecule has 1 radical (unpaired) electrons. The SMILES string of the molecule is CC1(C)C=C(c2cccc([N+](=O)[O-])c2)C(C)(C)N1[O]. The molecule has 0 bridgehead atoms. The van der Waals surface area contributed by atoms with Gasteiger partial charge in [0, 0.05) is 12.1 Å². The number of nitro groups is 1. The Bertz CT molecular complexity index is 562. The molecule has 0 saturated heterocycles. The first-order chi connectivity index (χ1) is 8.66. The van der Waals surface area contributed by atoms with E-state index >= 15 is 0 Å². The molecule has 101 valence electrons.